The summed E-state index contributed by atoms with van der Waals surface area (Å²) >= 11 is 0. The first kappa shape index (κ1) is 10.9. The number of rotatable bonds is 4. The van der Waals surface area contributed by atoms with Gasteiger partial charge in [-0.1, -0.05) is 27.7 Å². The zero-order chi connectivity index (χ0) is 9.02. The van der Waals surface area contributed by atoms with Crippen LogP contribution in [0.25, 0.3) is 0 Å². The third kappa shape index (κ3) is 4.38. The lowest BCUT2D eigenvalue weighted by Crippen LogP contribution is -2.31. The fourth-order valence-corrected chi connectivity index (χ4v) is 1.07. The molecule has 2 atom stereocenters. The van der Waals surface area contributed by atoms with E-state index in [1.54, 1.807) is 0 Å². The second-order valence-corrected chi connectivity index (χ2v) is 3.93. The molecule has 0 spiro atoms. The van der Waals surface area contributed by atoms with E-state index in [0.717, 1.165) is 0 Å². The molecule has 2 heteroatoms. The highest BCUT2D eigenvalue weighted by Crippen LogP contribution is 2.13. The van der Waals surface area contributed by atoms with E-state index >= 15 is 0 Å². The normalized spacial score (nSPS) is 17.5. The standard InChI is InChI=1S/C9H20O2/c1-6(2)5-8(10)9(11)7(3)4/h6-11H,5H2,1-4H3. The van der Waals surface area contributed by atoms with Crippen LogP contribution < -0.4 is 0 Å². The maximum Gasteiger partial charge on any atom is 0.0822 e. The Morgan fingerprint density at radius 2 is 1.45 bits per heavy atom. The van der Waals surface area contributed by atoms with Gasteiger partial charge in [-0.05, 0) is 18.3 Å². The first-order chi connectivity index (χ1) is 4.95. The van der Waals surface area contributed by atoms with Crippen LogP contribution in [0.15, 0.2) is 0 Å². The van der Waals surface area contributed by atoms with E-state index in [4.69, 9.17) is 0 Å². The molecule has 0 amide bonds. The Bertz CT molecular complexity index is 99.7. The van der Waals surface area contributed by atoms with Crippen LogP contribution in [0.4, 0.5) is 0 Å². The van der Waals surface area contributed by atoms with Crippen LogP contribution in [0, 0.1) is 11.8 Å². The van der Waals surface area contributed by atoms with Gasteiger partial charge >= 0.3 is 0 Å². The molecule has 0 bridgehead atoms. The molecule has 11 heavy (non-hydrogen) atoms. The van der Waals surface area contributed by atoms with Crippen LogP contribution in [0.3, 0.4) is 0 Å². The van der Waals surface area contributed by atoms with Crippen molar-refractivity contribution in [1.82, 2.24) is 0 Å². The molecule has 0 fully saturated rings. The maximum absolute atomic E-state index is 9.41. The zero-order valence-electron chi connectivity index (χ0n) is 7.91. The van der Waals surface area contributed by atoms with Crippen LogP contribution in [-0.2, 0) is 0 Å². The number of hydrogen-bond acceptors (Lipinski definition) is 2. The molecule has 0 radical (unpaired) electrons. The molecular weight excluding hydrogens is 140 g/mol. The first-order valence-corrected chi connectivity index (χ1v) is 4.31. The van der Waals surface area contributed by atoms with Gasteiger partial charge in [0.25, 0.3) is 0 Å². The van der Waals surface area contributed by atoms with E-state index in [2.05, 4.69) is 0 Å². The van der Waals surface area contributed by atoms with E-state index in [9.17, 15) is 10.2 Å². The lowest BCUT2D eigenvalue weighted by atomic mass is 9.95. The fourth-order valence-electron chi connectivity index (χ4n) is 1.07. The molecule has 2 nitrogen and oxygen atoms in total. The Morgan fingerprint density at radius 1 is 1.00 bits per heavy atom. The highest BCUT2D eigenvalue weighted by molar-refractivity contribution is 4.71. The van der Waals surface area contributed by atoms with E-state index in [1.807, 2.05) is 27.7 Å². The predicted octanol–water partition coefficient (Wildman–Crippen LogP) is 1.41. The van der Waals surface area contributed by atoms with Crippen molar-refractivity contribution in [2.45, 2.75) is 46.3 Å². The molecule has 0 aliphatic heterocycles. The van der Waals surface area contributed by atoms with Crippen LogP contribution in [-0.4, -0.2) is 22.4 Å². The van der Waals surface area contributed by atoms with Crippen molar-refractivity contribution in [3.05, 3.63) is 0 Å². The number of hydrogen-bond donors (Lipinski definition) is 2. The predicted molar refractivity (Wildman–Crippen MR) is 46.3 cm³/mol. The Balaban J connectivity index is 3.73. The summed E-state index contributed by atoms with van der Waals surface area (Å²) in [5.74, 6) is 0.585. The highest BCUT2D eigenvalue weighted by atomic mass is 16.3. The number of aliphatic hydroxyl groups is 2. The average Bonchev–Trinajstić information content (AvgIpc) is 1.84. The molecule has 0 aromatic carbocycles. The van der Waals surface area contributed by atoms with Crippen LogP contribution in [0.2, 0.25) is 0 Å². The Morgan fingerprint density at radius 3 is 1.73 bits per heavy atom. The lowest BCUT2D eigenvalue weighted by Gasteiger charge is -2.22. The maximum atomic E-state index is 9.41. The summed E-state index contributed by atoms with van der Waals surface area (Å²) in [4.78, 5) is 0. The molecule has 0 saturated carbocycles. The average molecular weight is 160 g/mol. The van der Waals surface area contributed by atoms with Gasteiger partial charge in [-0.3, -0.25) is 0 Å². The molecule has 68 valence electrons. The summed E-state index contributed by atoms with van der Waals surface area (Å²) in [7, 11) is 0. The van der Waals surface area contributed by atoms with Crippen molar-refractivity contribution in [3.63, 3.8) is 0 Å². The minimum absolute atomic E-state index is 0.142. The van der Waals surface area contributed by atoms with Crippen LogP contribution in [0.1, 0.15) is 34.1 Å². The van der Waals surface area contributed by atoms with Gasteiger partial charge < -0.3 is 10.2 Å². The molecule has 0 aromatic rings. The van der Waals surface area contributed by atoms with Crippen molar-refractivity contribution in [3.8, 4) is 0 Å². The van der Waals surface area contributed by atoms with Crippen molar-refractivity contribution >= 4 is 0 Å². The quantitative estimate of drug-likeness (QED) is 0.653. The molecule has 0 aliphatic rings. The van der Waals surface area contributed by atoms with E-state index in [-0.39, 0.29) is 5.92 Å². The van der Waals surface area contributed by atoms with Gasteiger partial charge in [-0.15, -0.1) is 0 Å². The SMILES string of the molecule is CC(C)CC(O)C(O)C(C)C. The van der Waals surface area contributed by atoms with E-state index < -0.39 is 12.2 Å². The Labute approximate surface area is 69.2 Å². The third-order valence-corrected chi connectivity index (χ3v) is 1.79. The van der Waals surface area contributed by atoms with Gasteiger partial charge in [-0.2, -0.15) is 0 Å². The molecule has 0 saturated heterocycles. The van der Waals surface area contributed by atoms with Gasteiger partial charge in [0.15, 0.2) is 0 Å². The lowest BCUT2D eigenvalue weighted by molar-refractivity contribution is -0.0180. The summed E-state index contributed by atoms with van der Waals surface area (Å²) < 4.78 is 0. The summed E-state index contributed by atoms with van der Waals surface area (Å²) in [5, 5.41) is 18.8. The van der Waals surface area contributed by atoms with Gasteiger partial charge in [0.05, 0.1) is 12.2 Å². The minimum Gasteiger partial charge on any atom is -0.390 e. The Kier molecular flexibility index (Phi) is 4.69. The number of aliphatic hydroxyl groups excluding tert-OH is 2. The smallest absolute Gasteiger partial charge is 0.0822 e. The van der Waals surface area contributed by atoms with Crippen molar-refractivity contribution in [2.75, 3.05) is 0 Å². The van der Waals surface area contributed by atoms with Crippen molar-refractivity contribution in [1.29, 1.82) is 0 Å². The van der Waals surface area contributed by atoms with Crippen LogP contribution in [0.5, 0.6) is 0 Å². The van der Waals surface area contributed by atoms with Gasteiger partial charge in [-0.25, -0.2) is 0 Å². The second-order valence-electron chi connectivity index (χ2n) is 3.93. The van der Waals surface area contributed by atoms with E-state index in [1.165, 1.54) is 0 Å². The molecule has 2 unspecified atom stereocenters. The largest absolute Gasteiger partial charge is 0.390 e. The minimum atomic E-state index is -0.572. The monoisotopic (exact) mass is 160 g/mol. The topological polar surface area (TPSA) is 40.5 Å². The zero-order valence-corrected chi connectivity index (χ0v) is 7.91. The molecule has 0 rings (SSSR count). The fraction of sp³-hybridized carbons (Fsp3) is 1.00. The van der Waals surface area contributed by atoms with Crippen molar-refractivity contribution in [2.24, 2.45) is 11.8 Å². The van der Waals surface area contributed by atoms with Gasteiger partial charge in [0.1, 0.15) is 0 Å². The molecule has 0 heterocycles. The summed E-state index contributed by atoms with van der Waals surface area (Å²) in [6.45, 7) is 7.90. The Hall–Kier alpha value is -0.0800. The summed E-state index contributed by atoms with van der Waals surface area (Å²) in [5.41, 5.74) is 0. The molecular formula is C9H20O2. The highest BCUT2D eigenvalue weighted by Gasteiger charge is 2.19. The van der Waals surface area contributed by atoms with Crippen molar-refractivity contribution < 1.29 is 10.2 Å². The first-order valence-electron chi connectivity index (χ1n) is 4.31. The molecule has 0 aliphatic carbocycles. The molecule has 2 N–H and O–H groups in total. The molecule has 0 aromatic heterocycles. The van der Waals surface area contributed by atoms with Gasteiger partial charge in [0.2, 0.25) is 0 Å². The van der Waals surface area contributed by atoms with Gasteiger partial charge in [0, 0.05) is 0 Å². The summed E-state index contributed by atoms with van der Waals surface area (Å²) in [6.07, 6.45) is -0.452. The van der Waals surface area contributed by atoms with E-state index in [0.29, 0.717) is 12.3 Å². The van der Waals surface area contributed by atoms with Crippen LogP contribution >= 0.6 is 0 Å². The summed E-state index contributed by atoms with van der Waals surface area (Å²) in [6, 6.07) is 0. The third-order valence-electron chi connectivity index (χ3n) is 1.79. The second kappa shape index (κ2) is 4.73.